The first-order valence-electron chi connectivity index (χ1n) is 17.3. The van der Waals surface area contributed by atoms with Crippen LogP contribution in [-0.2, 0) is 0 Å². The van der Waals surface area contributed by atoms with Gasteiger partial charge in [-0.1, -0.05) is 220 Å². The van der Waals surface area contributed by atoms with Gasteiger partial charge >= 0.3 is 0 Å². The lowest BCUT2D eigenvalue weighted by atomic mass is 9.89. The van der Waals surface area contributed by atoms with Crippen LogP contribution in [0.15, 0.2) is 0 Å². The van der Waals surface area contributed by atoms with E-state index in [2.05, 4.69) is 20.8 Å². The van der Waals surface area contributed by atoms with E-state index in [0.717, 1.165) is 5.92 Å². The predicted molar refractivity (Wildman–Crippen MR) is 164 cm³/mol. The van der Waals surface area contributed by atoms with Gasteiger partial charge in [0.15, 0.2) is 0 Å². The summed E-state index contributed by atoms with van der Waals surface area (Å²) in [6, 6.07) is 0. The van der Waals surface area contributed by atoms with Crippen LogP contribution < -0.4 is 0 Å². The summed E-state index contributed by atoms with van der Waals surface area (Å²) in [5.41, 5.74) is 0. The number of unbranched alkanes of at least 4 members (excludes halogenated alkanes) is 25. The quantitative estimate of drug-likeness (QED) is 0.0844. The number of rotatable bonds is 31. The Labute approximate surface area is 225 Å². The molecule has 0 aliphatic rings. The second kappa shape index (κ2) is 32.0. The van der Waals surface area contributed by atoms with Gasteiger partial charge < -0.3 is 0 Å². The molecule has 0 spiro atoms. The van der Waals surface area contributed by atoms with E-state index >= 15 is 0 Å². The highest BCUT2D eigenvalue weighted by molar-refractivity contribution is 4.62. The smallest absolute Gasteiger partial charge is 0.0414 e. The maximum Gasteiger partial charge on any atom is -0.0414 e. The molecular formula is C35H72. The van der Waals surface area contributed by atoms with E-state index in [4.69, 9.17) is 0 Å². The molecule has 0 N–H and O–H groups in total. The van der Waals surface area contributed by atoms with Gasteiger partial charge in [-0.15, -0.1) is 0 Å². The molecule has 0 aliphatic heterocycles. The standard InChI is InChI=1S/C35H72/c1-4-7-10-12-14-16-17-18-19-20-21-22-24-26-28-31-34-35(32-29-9-6-3)33-30-27-25-23-15-13-11-8-5-2/h35H,4-34H2,1-3H3. The average Bonchev–Trinajstić information content (AvgIpc) is 2.87. The molecule has 0 aromatic carbocycles. The topological polar surface area (TPSA) is 0 Å². The molecule has 0 amide bonds. The first kappa shape index (κ1) is 35.0. The second-order valence-electron chi connectivity index (χ2n) is 12.1. The molecule has 1 unspecified atom stereocenters. The molecule has 0 fully saturated rings. The zero-order chi connectivity index (χ0) is 25.5. The second-order valence-corrected chi connectivity index (χ2v) is 12.1. The molecule has 212 valence electrons. The van der Waals surface area contributed by atoms with Crippen LogP contribution in [0, 0.1) is 5.92 Å². The van der Waals surface area contributed by atoms with E-state index in [9.17, 15) is 0 Å². The minimum absolute atomic E-state index is 1.04. The fourth-order valence-electron chi connectivity index (χ4n) is 5.84. The van der Waals surface area contributed by atoms with Crippen LogP contribution in [0.4, 0.5) is 0 Å². The minimum atomic E-state index is 1.04. The molecule has 0 nitrogen and oxygen atoms in total. The van der Waals surface area contributed by atoms with Gasteiger partial charge in [-0.2, -0.15) is 0 Å². The summed E-state index contributed by atoms with van der Waals surface area (Å²) in [7, 11) is 0. The Kier molecular flexibility index (Phi) is 32.0. The van der Waals surface area contributed by atoms with Crippen molar-refractivity contribution in [2.24, 2.45) is 5.92 Å². The summed E-state index contributed by atoms with van der Waals surface area (Å²) < 4.78 is 0. The average molecular weight is 493 g/mol. The van der Waals surface area contributed by atoms with Crippen LogP contribution in [-0.4, -0.2) is 0 Å². The van der Waals surface area contributed by atoms with Crippen LogP contribution >= 0.6 is 0 Å². The Bertz CT molecular complexity index is 346. The van der Waals surface area contributed by atoms with Crippen molar-refractivity contribution in [3.05, 3.63) is 0 Å². The molecule has 0 bridgehead atoms. The van der Waals surface area contributed by atoms with Gasteiger partial charge in [0.1, 0.15) is 0 Å². The molecule has 0 saturated heterocycles. The maximum atomic E-state index is 2.35. The molecule has 0 aromatic heterocycles. The number of hydrogen-bond acceptors (Lipinski definition) is 0. The van der Waals surface area contributed by atoms with Crippen molar-refractivity contribution >= 4 is 0 Å². The van der Waals surface area contributed by atoms with Crippen LogP contribution in [0.2, 0.25) is 0 Å². The van der Waals surface area contributed by atoms with E-state index in [1.54, 1.807) is 0 Å². The molecule has 0 aromatic rings. The lowest BCUT2D eigenvalue weighted by Gasteiger charge is -2.17. The summed E-state index contributed by atoms with van der Waals surface area (Å²) in [5.74, 6) is 1.04. The van der Waals surface area contributed by atoms with Gasteiger partial charge in [0.05, 0.1) is 0 Å². The SMILES string of the molecule is CCCCCCCCCCCCCCCCCCC(CCCCC)CCCCCCCCCCC. The third-order valence-corrected chi connectivity index (χ3v) is 8.40. The van der Waals surface area contributed by atoms with E-state index in [1.807, 2.05) is 0 Å². The lowest BCUT2D eigenvalue weighted by Crippen LogP contribution is -2.01. The largest absolute Gasteiger partial charge is 0.0654 e. The highest BCUT2D eigenvalue weighted by Crippen LogP contribution is 2.24. The molecule has 0 radical (unpaired) electrons. The molecule has 35 heavy (non-hydrogen) atoms. The molecule has 0 saturated carbocycles. The Balaban J connectivity index is 3.52. The van der Waals surface area contributed by atoms with Crippen LogP contribution in [0.1, 0.15) is 220 Å². The van der Waals surface area contributed by atoms with Crippen molar-refractivity contribution in [2.45, 2.75) is 220 Å². The van der Waals surface area contributed by atoms with Crippen molar-refractivity contribution in [1.82, 2.24) is 0 Å². The van der Waals surface area contributed by atoms with Crippen LogP contribution in [0.3, 0.4) is 0 Å². The summed E-state index contributed by atoms with van der Waals surface area (Å²) in [5, 5.41) is 0. The first-order valence-corrected chi connectivity index (χ1v) is 17.3. The molecule has 0 heteroatoms. The number of hydrogen-bond donors (Lipinski definition) is 0. The normalized spacial score (nSPS) is 12.4. The van der Waals surface area contributed by atoms with Gasteiger partial charge in [-0.05, 0) is 5.92 Å². The zero-order valence-corrected chi connectivity index (χ0v) is 25.5. The summed E-state index contributed by atoms with van der Waals surface area (Å²) in [4.78, 5) is 0. The third kappa shape index (κ3) is 30.1. The first-order chi connectivity index (χ1) is 17.3. The molecule has 0 rings (SSSR count). The van der Waals surface area contributed by atoms with Crippen LogP contribution in [0.5, 0.6) is 0 Å². The van der Waals surface area contributed by atoms with Gasteiger partial charge in [0.25, 0.3) is 0 Å². The van der Waals surface area contributed by atoms with Crippen molar-refractivity contribution < 1.29 is 0 Å². The molecule has 0 aliphatic carbocycles. The highest BCUT2D eigenvalue weighted by atomic mass is 14.1. The van der Waals surface area contributed by atoms with E-state index < -0.39 is 0 Å². The minimum Gasteiger partial charge on any atom is -0.0654 e. The maximum absolute atomic E-state index is 2.35. The summed E-state index contributed by atoms with van der Waals surface area (Å²) in [6.07, 6.45) is 45.8. The van der Waals surface area contributed by atoms with Gasteiger partial charge in [0.2, 0.25) is 0 Å². The monoisotopic (exact) mass is 493 g/mol. The summed E-state index contributed by atoms with van der Waals surface area (Å²) in [6.45, 7) is 6.98. The van der Waals surface area contributed by atoms with Crippen molar-refractivity contribution in [2.75, 3.05) is 0 Å². The Hall–Kier alpha value is 0. The zero-order valence-electron chi connectivity index (χ0n) is 25.5. The van der Waals surface area contributed by atoms with Crippen molar-refractivity contribution in [3.63, 3.8) is 0 Å². The van der Waals surface area contributed by atoms with Crippen LogP contribution in [0.25, 0.3) is 0 Å². The predicted octanol–water partition coefficient (Wildman–Crippen LogP) is 13.8. The molecule has 0 heterocycles. The molecular weight excluding hydrogens is 420 g/mol. The Morgan fingerprint density at radius 2 is 0.400 bits per heavy atom. The van der Waals surface area contributed by atoms with Gasteiger partial charge in [-0.25, -0.2) is 0 Å². The fraction of sp³-hybridized carbons (Fsp3) is 1.00. The third-order valence-electron chi connectivity index (χ3n) is 8.40. The molecule has 1 atom stereocenters. The van der Waals surface area contributed by atoms with E-state index in [-0.39, 0.29) is 0 Å². The van der Waals surface area contributed by atoms with Gasteiger partial charge in [-0.3, -0.25) is 0 Å². The van der Waals surface area contributed by atoms with E-state index in [0.29, 0.717) is 0 Å². The van der Waals surface area contributed by atoms with Crippen molar-refractivity contribution in [3.8, 4) is 0 Å². The highest BCUT2D eigenvalue weighted by Gasteiger charge is 2.08. The van der Waals surface area contributed by atoms with Crippen molar-refractivity contribution in [1.29, 1.82) is 0 Å². The Morgan fingerprint density at radius 1 is 0.229 bits per heavy atom. The van der Waals surface area contributed by atoms with Gasteiger partial charge in [0, 0.05) is 0 Å². The fourth-order valence-corrected chi connectivity index (χ4v) is 5.84. The summed E-state index contributed by atoms with van der Waals surface area (Å²) >= 11 is 0. The van der Waals surface area contributed by atoms with E-state index in [1.165, 1.54) is 199 Å². The Morgan fingerprint density at radius 3 is 0.657 bits per heavy atom. The lowest BCUT2D eigenvalue weighted by molar-refractivity contribution is 0.367.